The van der Waals surface area contributed by atoms with Crippen molar-refractivity contribution < 1.29 is 22.4 Å². The van der Waals surface area contributed by atoms with Crippen LogP contribution in [0.4, 0.5) is 13.2 Å². The van der Waals surface area contributed by atoms with Crippen LogP contribution < -0.4 is 5.73 Å². The number of amides is 1. The van der Waals surface area contributed by atoms with Crippen molar-refractivity contribution in [3.8, 4) is 0 Å². The second-order valence-electron chi connectivity index (χ2n) is 4.92. The van der Waals surface area contributed by atoms with Gasteiger partial charge < -0.3 is 15.1 Å². The third-order valence-electron chi connectivity index (χ3n) is 3.34. The molecule has 0 unspecified atom stereocenters. The van der Waals surface area contributed by atoms with E-state index in [2.05, 4.69) is 15.9 Å². The molecule has 0 saturated carbocycles. The van der Waals surface area contributed by atoms with Crippen LogP contribution in [0, 0.1) is 6.92 Å². The van der Waals surface area contributed by atoms with E-state index >= 15 is 0 Å². The lowest BCUT2D eigenvalue weighted by atomic mass is 9.97. The normalized spacial score (nSPS) is 24.0. The fourth-order valence-electron chi connectivity index (χ4n) is 2.35. The van der Waals surface area contributed by atoms with Gasteiger partial charge in [0.25, 0.3) is 5.91 Å². The van der Waals surface area contributed by atoms with Crippen LogP contribution in [0.1, 0.15) is 29.0 Å². The summed E-state index contributed by atoms with van der Waals surface area (Å²) in [6.45, 7) is 1.48. The van der Waals surface area contributed by atoms with Crippen LogP contribution in [0.2, 0.25) is 0 Å². The van der Waals surface area contributed by atoms with Gasteiger partial charge >= 0.3 is 6.18 Å². The molecular formula is C12H14BrF3N2O2. The molecule has 1 amide bonds. The predicted molar refractivity (Wildman–Crippen MR) is 69.2 cm³/mol. The topological polar surface area (TPSA) is 59.5 Å². The van der Waals surface area contributed by atoms with Gasteiger partial charge in [0.2, 0.25) is 0 Å². The molecule has 112 valence electrons. The Morgan fingerprint density at radius 1 is 1.50 bits per heavy atom. The minimum absolute atomic E-state index is 0.0831. The van der Waals surface area contributed by atoms with Crippen molar-refractivity contribution in [2.45, 2.75) is 38.0 Å². The Morgan fingerprint density at radius 2 is 2.15 bits per heavy atom. The first-order valence-corrected chi connectivity index (χ1v) is 6.88. The number of halogens is 4. The maximum atomic E-state index is 13.0. The van der Waals surface area contributed by atoms with Gasteiger partial charge in [0.15, 0.2) is 10.4 Å². The number of hydrogen-bond donors (Lipinski definition) is 1. The number of aryl methyl sites for hydroxylation is 1. The number of rotatable bonds is 1. The number of piperidine rings is 1. The molecule has 2 rings (SSSR count). The minimum Gasteiger partial charge on any atom is -0.444 e. The lowest BCUT2D eigenvalue weighted by Crippen LogP contribution is -2.56. The first kappa shape index (κ1) is 15.4. The third kappa shape index (κ3) is 3.01. The van der Waals surface area contributed by atoms with Gasteiger partial charge in [-0.15, -0.1) is 0 Å². The van der Waals surface area contributed by atoms with Crippen LogP contribution in [0.3, 0.4) is 0 Å². The van der Waals surface area contributed by atoms with Crippen molar-refractivity contribution in [2.75, 3.05) is 6.54 Å². The first-order chi connectivity index (χ1) is 9.20. The Balaban J connectivity index is 2.31. The molecule has 20 heavy (non-hydrogen) atoms. The van der Waals surface area contributed by atoms with Crippen molar-refractivity contribution in [1.29, 1.82) is 0 Å². The highest BCUT2D eigenvalue weighted by molar-refractivity contribution is 9.10. The molecule has 8 heteroatoms. The first-order valence-electron chi connectivity index (χ1n) is 6.09. The molecular weight excluding hydrogens is 341 g/mol. The van der Waals surface area contributed by atoms with E-state index in [9.17, 15) is 18.0 Å². The summed E-state index contributed by atoms with van der Waals surface area (Å²) in [6.07, 6.45) is -4.40. The van der Waals surface area contributed by atoms with Gasteiger partial charge in [-0.25, -0.2) is 0 Å². The maximum absolute atomic E-state index is 13.0. The minimum atomic E-state index is -4.46. The van der Waals surface area contributed by atoms with E-state index in [1.165, 1.54) is 0 Å². The third-order valence-corrected chi connectivity index (χ3v) is 3.73. The highest BCUT2D eigenvalue weighted by Gasteiger charge is 2.48. The van der Waals surface area contributed by atoms with Crippen molar-refractivity contribution in [2.24, 2.45) is 5.73 Å². The summed E-state index contributed by atoms with van der Waals surface area (Å²) in [7, 11) is 0. The molecule has 1 fully saturated rings. The number of hydrogen-bond acceptors (Lipinski definition) is 3. The molecule has 1 aromatic rings. The monoisotopic (exact) mass is 354 g/mol. The summed E-state index contributed by atoms with van der Waals surface area (Å²) >= 11 is 3.06. The lowest BCUT2D eigenvalue weighted by molar-refractivity contribution is -0.184. The molecule has 1 aliphatic rings. The lowest BCUT2D eigenvalue weighted by Gasteiger charge is -2.38. The van der Waals surface area contributed by atoms with Gasteiger partial charge in [-0.05, 0) is 41.8 Å². The second kappa shape index (κ2) is 5.40. The average Bonchev–Trinajstić information content (AvgIpc) is 2.65. The van der Waals surface area contributed by atoms with Gasteiger partial charge in [-0.1, -0.05) is 0 Å². The van der Waals surface area contributed by atoms with Crippen LogP contribution in [0.25, 0.3) is 0 Å². The zero-order chi connectivity index (χ0) is 15.1. The van der Waals surface area contributed by atoms with Crippen LogP contribution in [-0.4, -0.2) is 35.6 Å². The summed E-state index contributed by atoms with van der Waals surface area (Å²) in [5.74, 6) is -0.856. The highest BCUT2D eigenvalue weighted by atomic mass is 79.9. The summed E-state index contributed by atoms with van der Waals surface area (Å²) in [4.78, 5) is 13.1. The van der Waals surface area contributed by atoms with Gasteiger partial charge in [-0.3, -0.25) is 4.79 Å². The van der Waals surface area contributed by atoms with E-state index < -0.39 is 24.2 Å². The Hall–Kier alpha value is -1.02. The summed E-state index contributed by atoms with van der Waals surface area (Å²) in [5.41, 5.74) is 6.18. The zero-order valence-electron chi connectivity index (χ0n) is 10.7. The van der Waals surface area contributed by atoms with Crippen molar-refractivity contribution in [1.82, 2.24) is 4.90 Å². The Morgan fingerprint density at radius 3 is 2.65 bits per heavy atom. The van der Waals surface area contributed by atoms with Gasteiger partial charge in [0, 0.05) is 18.2 Å². The largest absolute Gasteiger partial charge is 0.444 e. The van der Waals surface area contributed by atoms with Crippen LogP contribution in [0.5, 0.6) is 0 Å². The van der Waals surface area contributed by atoms with Crippen molar-refractivity contribution >= 4 is 21.8 Å². The number of nitrogens with two attached hydrogens (primary N) is 1. The Labute approximate surface area is 122 Å². The van der Waals surface area contributed by atoms with Crippen molar-refractivity contribution in [3.05, 3.63) is 22.1 Å². The number of furan rings is 1. The highest BCUT2D eigenvalue weighted by Crippen LogP contribution is 2.33. The van der Waals surface area contributed by atoms with Gasteiger partial charge in [0.1, 0.15) is 6.04 Å². The maximum Gasteiger partial charge on any atom is 0.408 e. The molecule has 0 bridgehead atoms. The van der Waals surface area contributed by atoms with Crippen LogP contribution in [-0.2, 0) is 0 Å². The predicted octanol–water partition coefficient (Wildman–Crippen LogP) is 2.84. The second-order valence-corrected chi connectivity index (χ2v) is 5.70. The average molecular weight is 355 g/mol. The molecule has 2 N–H and O–H groups in total. The Kier molecular flexibility index (Phi) is 4.15. The molecule has 0 aromatic carbocycles. The van der Waals surface area contributed by atoms with E-state index in [-0.39, 0.29) is 25.1 Å². The molecule has 0 aliphatic carbocycles. The van der Waals surface area contributed by atoms with Gasteiger partial charge in [-0.2, -0.15) is 13.2 Å². The van der Waals surface area contributed by atoms with Gasteiger partial charge in [0.05, 0.1) is 0 Å². The Bertz CT molecular complexity index is 515. The molecule has 2 atom stereocenters. The zero-order valence-corrected chi connectivity index (χ0v) is 12.3. The number of carbonyl (C=O) groups is 1. The van der Waals surface area contributed by atoms with Crippen LogP contribution >= 0.6 is 15.9 Å². The fourth-order valence-corrected chi connectivity index (χ4v) is 2.86. The molecule has 0 spiro atoms. The van der Waals surface area contributed by atoms with E-state index in [0.717, 1.165) is 4.90 Å². The van der Waals surface area contributed by atoms with E-state index in [0.29, 0.717) is 10.2 Å². The summed E-state index contributed by atoms with van der Waals surface area (Å²) in [5, 5.41) is 0. The molecule has 1 saturated heterocycles. The van der Waals surface area contributed by atoms with Crippen LogP contribution in [0.15, 0.2) is 15.2 Å². The SMILES string of the molecule is Cc1cc(Br)oc1C(=O)N1C[C@@H](N)CC[C@@H]1C(F)(F)F. The summed E-state index contributed by atoms with van der Waals surface area (Å²) in [6, 6.07) is -0.714. The fraction of sp³-hybridized carbons (Fsp3) is 0.583. The standard InChI is InChI=1S/C12H14BrF3N2O2/c1-6-4-9(13)20-10(6)11(19)18-5-7(17)2-3-8(18)12(14,15)16/h4,7-8H,2-3,5,17H2,1H3/t7-,8+/m0/s1. The quantitative estimate of drug-likeness (QED) is 0.843. The molecule has 1 aliphatic heterocycles. The number of alkyl halides is 3. The number of likely N-dealkylation sites (tertiary alicyclic amines) is 1. The molecule has 0 radical (unpaired) electrons. The number of nitrogens with zero attached hydrogens (tertiary/aromatic N) is 1. The number of carbonyl (C=O) groups excluding carboxylic acids is 1. The van der Waals surface area contributed by atoms with E-state index in [1.807, 2.05) is 0 Å². The van der Waals surface area contributed by atoms with Crippen molar-refractivity contribution in [3.63, 3.8) is 0 Å². The summed E-state index contributed by atoms with van der Waals surface area (Å²) < 4.78 is 44.5. The smallest absolute Gasteiger partial charge is 0.408 e. The van der Waals surface area contributed by atoms with E-state index in [1.54, 1.807) is 13.0 Å². The molecule has 1 aromatic heterocycles. The molecule has 2 heterocycles. The molecule has 4 nitrogen and oxygen atoms in total. The van der Waals surface area contributed by atoms with E-state index in [4.69, 9.17) is 10.2 Å².